The molecule has 1 spiro atoms. The van der Waals surface area contributed by atoms with Crippen molar-refractivity contribution in [3.8, 4) is 0 Å². The molecule has 0 radical (unpaired) electrons. The second-order valence-corrected chi connectivity index (χ2v) is 18.1. The van der Waals surface area contributed by atoms with Crippen molar-refractivity contribution in [3.05, 3.63) is 64.8 Å². The number of imide groups is 3. The summed E-state index contributed by atoms with van der Waals surface area (Å²) in [5, 5.41) is 13.8. The first-order chi connectivity index (χ1) is 30.4. The number of nitrogens with zero attached hydrogens (tertiary/aromatic N) is 9. The largest absolute Gasteiger partial charge is 0.371 e. The molecule has 6 fully saturated rings. The third kappa shape index (κ3) is 7.20. The molecule has 0 bridgehead atoms. The fourth-order valence-corrected chi connectivity index (χ4v) is 10.5. The lowest BCUT2D eigenvalue weighted by Gasteiger charge is -2.36. The molecular weight excluding hydrogens is 809 g/mol. The minimum Gasteiger partial charge on any atom is -0.371 e. The molecule has 6 aliphatic heterocycles. The first-order valence-corrected chi connectivity index (χ1v) is 22.0. The molecule has 19 nitrogen and oxygen atoms in total. The number of fused-ring (bicyclic) bond motifs is 1. The molecule has 328 valence electrons. The molecule has 3 atom stereocenters. The highest BCUT2D eigenvalue weighted by Gasteiger charge is 2.64. The monoisotopic (exact) mass is 858 g/mol. The zero-order valence-electron chi connectivity index (χ0n) is 35.1. The quantitative estimate of drug-likeness (QED) is 0.196. The van der Waals surface area contributed by atoms with E-state index in [0.717, 1.165) is 69.0 Å². The van der Waals surface area contributed by atoms with Crippen LogP contribution >= 0.6 is 0 Å². The maximum Gasteiger partial charge on any atom is 0.327 e. The summed E-state index contributed by atoms with van der Waals surface area (Å²) in [6.07, 6.45) is 6.04. The molecular formula is C44H50N12O7. The number of rotatable bonds is 10. The summed E-state index contributed by atoms with van der Waals surface area (Å²) in [5.74, 6) is -1.59. The van der Waals surface area contributed by atoms with Crippen LogP contribution in [0.3, 0.4) is 0 Å². The molecule has 7 heterocycles. The van der Waals surface area contributed by atoms with Gasteiger partial charge in [0, 0.05) is 57.6 Å². The predicted molar refractivity (Wildman–Crippen MR) is 227 cm³/mol. The number of primary amides is 1. The van der Waals surface area contributed by atoms with Crippen LogP contribution in [0.1, 0.15) is 100 Å². The summed E-state index contributed by atoms with van der Waals surface area (Å²) in [4.78, 5) is 105. The lowest BCUT2D eigenvalue weighted by molar-refractivity contribution is -0.136. The first kappa shape index (κ1) is 40.6. The van der Waals surface area contributed by atoms with Crippen LogP contribution in [-0.4, -0.2) is 147 Å². The van der Waals surface area contributed by atoms with Crippen molar-refractivity contribution in [1.29, 1.82) is 0 Å². The van der Waals surface area contributed by atoms with Crippen molar-refractivity contribution in [2.24, 2.45) is 11.7 Å². The number of carbonyl (C=O) groups is 7. The van der Waals surface area contributed by atoms with Gasteiger partial charge >= 0.3 is 6.03 Å². The number of nitrogens with two attached hydrogens (primary N) is 1. The standard InChI is InChI=1S/C44H50N12O7/c1-51-43(63)55(41(62)44(51)15-16-44)30-3-2-17-54(24-30)42-48-37(35(36(45)58)49-50-42)46-28-6-4-26(5-7-28)27-13-18-52(19-14-27)22-25-12-20-53(23-25)29-8-9-31-32(21-29)40(61)56(39(31)60)33-10-11-34(57)47-38(33)59/h4-9,21,25,27,30,33H,2-3,10-20,22-24H2,1H3,(H2,45,58)(H,46,48,50)(H,47,57,59)/t25?,30-,33?/m1/s1. The molecule has 1 aliphatic carbocycles. The predicted octanol–water partition coefficient (Wildman–Crippen LogP) is 2.22. The van der Waals surface area contributed by atoms with Gasteiger partial charge in [-0.05, 0) is 112 Å². The first-order valence-electron chi connectivity index (χ1n) is 22.0. The van der Waals surface area contributed by atoms with Crippen LogP contribution in [-0.2, 0) is 14.4 Å². The number of aromatic nitrogens is 3. The van der Waals surface area contributed by atoms with Crippen LogP contribution in [0.25, 0.3) is 0 Å². The summed E-state index contributed by atoms with van der Waals surface area (Å²) < 4.78 is 0. The van der Waals surface area contributed by atoms with Gasteiger partial charge < -0.3 is 30.7 Å². The Labute approximate surface area is 363 Å². The molecule has 8 amide bonds. The second kappa shape index (κ2) is 15.7. The Morgan fingerprint density at radius 2 is 1.60 bits per heavy atom. The molecule has 4 N–H and O–H groups in total. The second-order valence-electron chi connectivity index (χ2n) is 18.1. The molecule has 2 aromatic carbocycles. The van der Waals surface area contributed by atoms with Crippen LogP contribution in [0, 0.1) is 5.92 Å². The number of likely N-dealkylation sites (tertiary alicyclic amines) is 1. The van der Waals surface area contributed by atoms with Gasteiger partial charge in [0.05, 0.1) is 17.2 Å². The molecule has 5 saturated heterocycles. The number of hydrogen-bond donors (Lipinski definition) is 3. The molecule has 7 aliphatic rings. The topological polar surface area (TPSA) is 228 Å². The van der Waals surface area contributed by atoms with Crippen LogP contribution in [0.4, 0.5) is 27.9 Å². The highest BCUT2D eigenvalue weighted by Crippen LogP contribution is 2.48. The highest BCUT2D eigenvalue weighted by molar-refractivity contribution is 6.23. The van der Waals surface area contributed by atoms with Gasteiger partial charge in [-0.3, -0.25) is 43.9 Å². The number of urea groups is 1. The molecule has 3 aromatic rings. The van der Waals surface area contributed by atoms with Crippen molar-refractivity contribution >= 4 is 64.6 Å². The lowest BCUT2D eigenvalue weighted by Crippen LogP contribution is -2.54. The number of amides is 8. The number of hydrogen-bond acceptors (Lipinski definition) is 14. The Bertz CT molecular complexity index is 2430. The summed E-state index contributed by atoms with van der Waals surface area (Å²) in [6.45, 7) is 5.56. The normalized spacial score (nSPS) is 25.1. The number of carbonyl (C=O) groups excluding carboxylic acids is 7. The third-order valence-electron chi connectivity index (χ3n) is 14.3. The Morgan fingerprint density at radius 3 is 2.32 bits per heavy atom. The summed E-state index contributed by atoms with van der Waals surface area (Å²) in [5.41, 5.74) is 8.32. The van der Waals surface area contributed by atoms with E-state index >= 15 is 0 Å². The molecule has 1 aromatic heterocycles. The SMILES string of the molecule is CN1C(=O)N([C@@H]2CCCN(c3nnc(C(N)=O)c(Nc4ccc(C5CCN(CC6CCN(c7ccc8c(c7)C(=O)N(C7CCC(=O)NC7=O)C8=O)C6)CC5)cc4)n3)C2)C(=O)C12CC2. The van der Waals surface area contributed by atoms with Gasteiger partial charge in [-0.2, -0.15) is 4.98 Å². The summed E-state index contributed by atoms with van der Waals surface area (Å²) in [7, 11) is 1.70. The molecule has 63 heavy (non-hydrogen) atoms. The van der Waals surface area contributed by atoms with E-state index in [1.807, 2.05) is 23.1 Å². The van der Waals surface area contributed by atoms with E-state index in [2.05, 4.69) is 47.7 Å². The van der Waals surface area contributed by atoms with E-state index < -0.39 is 41.1 Å². The Hall–Kier alpha value is -6.50. The Balaban J connectivity index is 0.724. The van der Waals surface area contributed by atoms with Gasteiger partial charge in [0.1, 0.15) is 11.6 Å². The fraction of sp³-hybridized carbons (Fsp3) is 0.500. The zero-order valence-corrected chi connectivity index (χ0v) is 35.1. The van der Waals surface area contributed by atoms with Crippen LogP contribution < -0.4 is 26.2 Å². The minimum atomic E-state index is -0.986. The van der Waals surface area contributed by atoms with Crippen LogP contribution in [0.15, 0.2) is 42.5 Å². The van der Waals surface area contributed by atoms with Crippen LogP contribution in [0.2, 0.25) is 0 Å². The van der Waals surface area contributed by atoms with Crippen molar-refractivity contribution in [1.82, 2.24) is 40.1 Å². The highest BCUT2D eigenvalue weighted by atomic mass is 16.2. The van der Waals surface area contributed by atoms with Crippen molar-refractivity contribution in [2.45, 2.75) is 81.3 Å². The molecule has 2 unspecified atom stereocenters. The number of anilines is 4. The van der Waals surface area contributed by atoms with Gasteiger partial charge in [0.2, 0.25) is 17.8 Å². The zero-order chi connectivity index (χ0) is 43.7. The Kier molecular flexibility index (Phi) is 10.1. The van der Waals surface area contributed by atoms with E-state index in [0.29, 0.717) is 55.4 Å². The summed E-state index contributed by atoms with van der Waals surface area (Å²) in [6, 6.07) is 11.9. The number of nitrogens with one attached hydrogen (secondary N) is 2. The maximum absolute atomic E-state index is 13.4. The van der Waals surface area contributed by atoms with Gasteiger partial charge in [-0.1, -0.05) is 12.1 Å². The van der Waals surface area contributed by atoms with Crippen molar-refractivity contribution in [2.75, 3.05) is 68.0 Å². The smallest absolute Gasteiger partial charge is 0.327 e. The van der Waals surface area contributed by atoms with Gasteiger partial charge in [0.15, 0.2) is 11.5 Å². The van der Waals surface area contributed by atoms with E-state index in [9.17, 15) is 33.6 Å². The average molecular weight is 859 g/mol. The Morgan fingerprint density at radius 1 is 0.841 bits per heavy atom. The van der Waals surface area contributed by atoms with Gasteiger partial charge in [-0.25, -0.2) is 4.79 Å². The average Bonchev–Trinajstić information content (AvgIpc) is 3.85. The number of benzene rings is 2. The number of likely N-dealkylation sites (N-methyl/N-ethyl adjacent to an activating group) is 1. The number of piperidine rings is 3. The minimum absolute atomic E-state index is 0.0813. The van der Waals surface area contributed by atoms with Crippen LogP contribution in [0.5, 0.6) is 0 Å². The molecule has 19 heteroatoms. The lowest BCUT2D eigenvalue weighted by atomic mass is 9.89. The van der Waals surface area contributed by atoms with E-state index in [-0.39, 0.29) is 53.8 Å². The van der Waals surface area contributed by atoms with Crippen molar-refractivity contribution < 1.29 is 33.6 Å². The molecule has 1 saturated carbocycles. The van der Waals surface area contributed by atoms with E-state index in [4.69, 9.17) is 5.73 Å². The summed E-state index contributed by atoms with van der Waals surface area (Å²) >= 11 is 0. The van der Waals surface area contributed by atoms with Crippen molar-refractivity contribution in [3.63, 3.8) is 0 Å². The van der Waals surface area contributed by atoms with Gasteiger partial charge in [-0.15, -0.1) is 10.2 Å². The molecule has 10 rings (SSSR count). The fourth-order valence-electron chi connectivity index (χ4n) is 10.5. The maximum atomic E-state index is 13.4. The third-order valence-corrected chi connectivity index (χ3v) is 14.3. The van der Waals surface area contributed by atoms with E-state index in [1.54, 1.807) is 24.1 Å². The van der Waals surface area contributed by atoms with E-state index in [1.165, 1.54) is 10.5 Å². The van der Waals surface area contributed by atoms with Gasteiger partial charge in [0.25, 0.3) is 23.6 Å².